The molecule has 8 fully saturated rings. The molecule has 8 saturated carbocycles. The smallest absolute Gasteiger partial charge is 0.248 e. The number of amides is 1. The molecule has 56 heavy (non-hydrogen) atoms. The van der Waals surface area contributed by atoms with Crippen LogP contribution in [-0.2, 0) is 14.4 Å². The number of carbonyl (C=O) groups is 2. The summed E-state index contributed by atoms with van der Waals surface area (Å²) >= 11 is 0. The van der Waals surface area contributed by atoms with E-state index in [1.54, 1.807) is 7.05 Å². The Bertz CT molecular complexity index is 1380. The average Bonchev–Trinajstić information content (AvgIpc) is 3.71. The molecule has 8 rings (SSSR count). The number of carbonyl (C=O) groups excluding carboxylic acids is 2. The number of fused-ring (bicyclic) bond motifs is 10. The molecule has 0 heterocycles. The average molecular weight is 788 g/mol. The molecule has 1 amide bonds. The van der Waals surface area contributed by atoms with Gasteiger partial charge in [-0.1, -0.05) is 56.4 Å². The molecule has 0 saturated heterocycles. The van der Waals surface area contributed by atoms with E-state index in [-0.39, 0.29) is 79.2 Å². The molecule has 8 nitrogen and oxygen atoms in total. The van der Waals surface area contributed by atoms with Gasteiger partial charge in [-0.25, -0.2) is 5.06 Å². The van der Waals surface area contributed by atoms with E-state index in [4.69, 9.17) is 4.84 Å². The molecule has 324 valence electrons. The van der Waals surface area contributed by atoms with Crippen LogP contribution in [0.5, 0.6) is 0 Å². The molecule has 6 unspecified atom stereocenters. The monoisotopic (exact) mass is 788 g/mol. The van der Waals surface area contributed by atoms with E-state index >= 15 is 0 Å². The SMILES string of the molecule is C.C.CON(C)C(=O)[C@@H](C)[C@H]1CCC2C3CC[C@@H]4C[C@H](O)CC[C@]4(C)C3C[C@H](O)[C@@]21C.C[C@H](C=O)[C@H]1CCC2C3CC[C@@H]4C[C@H](O)CC[C@]4(C)C3C[C@H](O)[C@@]21C. The zero-order chi connectivity index (χ0) is 39.1. The second-order valence-corrected chi connectivity index (χ2v) is 21.6. The molecule has 20 atom stereocenters. The van der Waals surface area contributed by atoms with Crippen LogP contribution in [0, 0.1) is 92.7 Å². The molecule has 0 spiro atoms. The normalized spacial score (nSPS) is 51.2. The molecule has 0 bridgehead atoms. The standard InChI is InChI=1S/C24H41NO4.C22H36O3.2CH4/c1-14(22(28)25(4)29-5)18-8-9-19-17-7-6-15-12-16(26)10-11-23(15,2)20(17)13-21(27)24(18,19)3;1-13(12-23)17-6-7-18-16-5-4-14-10-15(24)8-9-21(14,2)19(16)11-20(25)22(17,18)3;;/h14-21,26-27H,6-13H2,1-5H3;12-20,24-25H,4-11H2,1-3H3;2*1H4/t14-,15+,16+,17?,18+,19?,20?,21-,23-,24+;13-,14-,15-,16?,17-,18?,19?,20+,21+,22-;;/m01../s1. The van der Waals surface area contributed by atoms with Crippen LogP contribution in [0.25, 0.3) is 0 Å². The molecule has 8 aliphatic rings. The van der Waals surface area contributed by atoms with Gasteiger partial charge in [0.25, 0.3) is 0 Å². The van der Waals surface area contributed by atoms with Gasteiger partial charge in [-0.3, -0.25) is 9.63 Å². The minimum Gasteiger partial charge on any atom is -0.393 e. The third-order valence-corrected chi connectivity index (χ3v) is 20.1. The molecule has 0 aromatic carbocycles. The fourth-order valence-corrected chi connectivity index (χ4v) is 16.8. The van der Waals surface area contributed by atoms with Gasteiger partial charge in [-0.2, -0.15) is 0 Å². The molecular formula is C48H85NO7. The van der Waals surface area contributed by atoms with Crippen molar-refractivity contribution < 1.29 is 34.9 Å². The van der Waals surface area contributed by atoms with E-state index < -0.39 is 0 Å². The Morgan fingerprint density at radius 3 is 1.50 bits per heavy atom. The highest BCUT2D eigenvalue weighted by atomic mass is 16.7. The summed E-state index contributed by atoms with van der Waals surface area (Å²) in [6.45, 7) is 13.5. The molecule has 0 aliphatic heterocycles. The summed E-state index contributed by atoms with van der Waals surface area (Å²) in [4.78, 5) is 29.5. The maximum atomic E-state index is 12.8. The highest BCUT2D eigenvalue weighted by Crippen LogP contribution is 2.70. The van der Waals surface area contributed by atoms with E-state index in [0.29, 0.717) is 58.7 Å². The number of hydrogen-bond donors (Lipinski definition) is 4. The number of aldehydes is 1. The summed E-state index contributed by atoms with van der Waals surface area (Å²) in [5.41, 5.74) is 0.264. The number of rotatable bonds is 5. The zero-order valence-corrected chi connectivity index (χ0v) is 35.1. The van der Waals surface area contributed by atoms with E-state index in [1.165, 1.54) is 44.3 Å². The van der Waals surface area contributed by atoms with Gasteiger partial charge in [-0.05, 0) is 173 Å². The predicted molar refractivity (Wildman–Crippen MR) is 223 cm³/mol. The van der Waals surface area contributed by atoms with Crippen molar-refractivity contribution >= 4 is 12.2 Å². The third-order valence-electron chi connectivity index (χ3n) is 20.1. The van der Waals surface area contributed by atoms with Crippen molar-refractivity contribution in [3.8, 4) is 0 Å². The molecule has 8 aliphatic carbocycles. The van der Waals surface area contributed by atoms with Gasteiger partial charge < -0.3 is 25.2 Å². The van der Waals surface area contributed by atoms with Crippen molar-refractivity contribution in [3.63, 3.8) is 0 Å². The quantitative estimate of drug-likeness (QED) is 0.162. The Morgan fingerprint density at radius 2 is 1.07 bits per heavy atom. The van der Waals surface area contributed by atoms with E-state index in [0.717, 1.165) is 76.9 Å². The summed E-state index contributed by atoms with van der Waals surface area (Å²) in [5.74, 6) is 5.24. The largest absolute Gasteiger partial charge is 0.393 e. The zero-order valence-electron chi connectivity index (χ0n) is 35.1. The minimum absolute atomic E-state index is 0. The molecule has 0 radical (unpaired) electrons. The van der Waals surface area contributed by atoms with Crippen molar-refractivity contribution in [1.29, 1.82) is 0 Å². The van der Waals surface area contributed by atoms with Crippen LogP contribution < -0.4 is 0 Å². The summed E-state index contributed by atoms with van der Waals surface area (Å²) in [6, 6.07) is 0. The van der Waals surface area contributed by atoms with Crippen molar-refractivity contribution in [2.24, 2.45) is 92.7 Å². The van der Waals surface area contributed by atoms with Gasteiger partial charge in [0.2, 0.25) is 5.91 Å². The third kappa shape index (κ3) is 6.99. The van der Waals surface area contributed by atoms with Crippen LogP contribution in [0.4, 0.5) is 0 Å². The summed E-state index contributed by atoms with van der Waals surface area (Å²) < 4.78 is 0. The lowest BCUT2D eigenvalue weighted by Gasteiger charge is -2.62. The first-order valence-electron chi connectivity index (χ1n) is 22.5. The highest BCUT2D eigenvalue weighted by Gasteiger charge is 2.66. The van der Waals surface area contributed by atoms with Gasteiger partial charge in [0, 0.05) is 29.7 Å². The van der Waals surface area contributed by atoms with Gasteiger partial charge in [-0.15, -0.1) is 0 Å². The summed E-state index contributed by atoms with van der Waals surface area (Å²) in [6.07, 6.45) is 17.3. The fourth-order valence-electron chi connectivity index (χ4n) is 16.8. The Labute approximate surface area is 341 Å². The van der Waals surface area contributed by atoms with Crippen molar-refractivity contribution in [2.75, 3.05) is 14.2 Å². The number of aliphatic hydroxyl groups excluding tert-OH is 4. The number of hydrogen-bond acceptors (Lipinski definition) is 7. The highest BCUT2D eigenvalue weighted by molar-refractivity contribution is 5.77. The molecule has 0 aromatic heterocycles. The molecule has 8 heteroatoms. The first-order valence-corrected chi connectivity index (χ1v) is 22.5. The Hall–Kier alpha value is -1.06. The lowest BCUT2D eigenvalue weighted by Crippen LogP contribution is -2.59. The van der Waals surface area contributed by atoms with Crippen LogP contribution in [0.2, 0.25) is 0 Å². The first-order chi connectivity index (χ1) is 25.5. The number of aliphatic hydroxyl groups is 4. The second-order valence-electron chi connectivity index (χ2n) is 21.6. The van der Waals surface area contributed by atoms with Crippen LogP contribution >= 0.6 is 0 Å². The number of nitrogens with zero attached hydrogens (tertiary/aromatic N) is 1. The van der Waals surface area contributed by atoms with Gasteiger partial charge in [0.05, 0.1) is 31.5 Å². The molecule has 0 aromatic rings. The van der Waals surface area contributed by atoms with Crippen LogP contribution in [0.15, 0.2) is 0 Å². The van der Waals surface area contributed by atoms with Crippen molar-refractivity contribution in [3.05, 3.63) is 0 Å². The Kier molecular flexibility index (Phi) is 13.8. The molecule has 4 N–H and O–H groups in total. The predicted octanol–water partition coefficient (Wildman–Crippen LogP) is 8.72. The Morgan fingerprint density at radius 1 is 0.643 bits per heavy atom. The first kappa shape index (κ1) is 46.0. The van der Waals surface area contributed by atoms with Crippen molar-refractivity contribution in [2.45, 2.75) is 184 Å². The maximum Gasteiger partial charge on any atom is 0.248 e. The fraction of sp³-hybridized carbons (Fsp3) is 0.958. The van der Waals surface area contributed by atoms with Gasteiger partial charge >= 0.3 is 0 Å². The van der Waals surface area contributed by atoms with Gasteiger partial charge in [0.15, 0.2) is 0 Å². The van der Waals surface area contributed by atoms with Gasteiger partial charge in [0.1, 0.15) is 6.29 Å². The summed E-state index contributed by atoms with van der Waals surface area (Å²) in [7, 11) is 3.21. The van der Waals surface area contributed by atoms with Crippen LogP contribution in [-0.4, -0.2) is 76.3 Å². The van der Waals surface area contributed by atoms with E-state index in [9.17, 15) is 30.0 Å². The van der Waals surface area contributed by atoms with Crippen LogP contribution in [0.3, 0.4) is 0 Å². The second kappa shape index (κ2) is 16.8. The topological polar surface area (TPSA) is 128 Å². The minimum atomic E-state index is -0.355. The lowest BCUT2D eigenvalue weighted by molar-refractivity contribution is -0.188. The lowest BCUT2D eigenvalue weighted by atomic mass is 9.43. The maximum absolute atomic E-state index is 12.8. The molecular weight excluding hydrogens is 703 g/mol. The van der Waals surface area contributed by atoms with E-state index in [1.807, 2.05) is 13.8 Å². The van der Waals surface area contributed by atoms with E-state index in [2.05, 4.69) is 27.7 Å². The Balaban J connectivity index is 0.000000209. The number of hydroxylamine groups is 2. The summed E-state index contributed by atoms with van der Waals surface area (Å²) in [5, 5.41) is 44.5. The van der Waals surface area contributed by atoms with Crippen LogP contribution in [0.1, 0.15) is 159 Å². The van der Waals surface area contributed by atoms with Crippen molar-refractivity contribution in [1.82, 2.24) is 5.06 Å².